The molecule has 11 heavy (non-hydrogen) atoms. The molecule has 0 aliphatic carbocycles. The molecule has 1 aromatic rings. The van der Waals surface area contributed by atoms with Crippen molar-refractivity contribution in [2.45, 2.75) is 0 Å². The molecular weight excluding hydrogens is 198 g/mol. The first-order valence-corrected chi connectivity index (χ1v) is 5.95. The van der Waals surface area contributed by atoms with E-state index in [0.29, 0.717) is 0 Å². The van der Waals surface area contributed by atoms with E-state index in [1.807, 2.05) is 30.3 Å². The Kier molecular flexibility index (Phi) is 4.74. The molecule has 1 rings (SSSR count). The molecule has 1 aromatic carbocycles. The fourth-order valence-electron chi connectivity index (χ4n) is 0.589. The van der Waals surface area contributed by atoms with Gasteiger partial charge in [0.2, 0.25) is 0 Å². The summed E-state index contributed by atoms with van der Waals surface area (Å²) in [6.45, 7) is 1.59. The van der Waals surface area contributed by atoms with Gasteiger partial charge in [-0.2, -0.15) is 0 Å². The van der Waals surface area contributed by atoms with Gasteiger partial charge in [-0.15, -0.1) is 0 Å². The molecule has 0 saturated carbocycles. The molecule has 1 radical (unpaired) electrons. The fourth-order valence-corrected chi connectivity index (χ4v) is 1.24. The van der Waals surface area contributed by atoms with E-state index in [0.717, 1.165) is 15.8 Å². The van der Waals surface area contributed by atoms with Gasteiger partial charge in [0.1, 0.15) is 0 Å². The van der Waals surface area contributed by atoms with Crippen LogP contribution in [0.1, 0.15) is 0 Å². The second kappa shape index (κ2) is 5.69. The summed E-state index contributed by atoms with van der Waals surface area (Å²) in [4.78, 5) is 0. The first kappa shape index (κ1) is 9.17. The van der Waals surface area contributed by atoms with Gasteiger partial charge in [-0.3, -0.25) is 0 Å². The van der Waals surface area contributed by atoms with Gasteiger partial charge in [0, 0.05) is 10.0 Å². The van der Waals surface area contributed by atoms with Crippen LogP contribution in [0.3, 0.4) is 0 Å². The van der Waals surface area contributed by atoms with Gasteiger partial charge < -0.3 is 4.65 Å². The zero-order valence-electron chi connectivity index (χ0n) is 5.57. The zero-order valence-corrected chi connectivity index (χ0v) is 7.96. The number of para-hydroxylation sites is 1. The van der Waals surface area contributed by atoms with E-state index < -0.39 is 0 Å². The highest BCUT2D eigenvalue weighted by molar-refractivity contribution is 8.92. The largest absolute Gasteiger partial charge is 0.552 e. The van der Waals surface area contributed by atoms with Gasteiger partial charge in [0.05, 0.1) is 5.75 Å². The Hall–Kier alpha value is 0.0749. The minimum Gasteiger partial charge on any atom is -0.552 e. The van der Waals surface area contributed by atoms with E-state index in [4.69, 9.17) is 15.3 Å². The highest BCUT2D eigenvalue weighted by Gasteiger charge is 1.94. The van der Waals surface area contributed by atoms with Crippen LogP contribution >= 0.6 is 31.3 Å². The van der Waals surface area contributed by atoms with Crippen molar-refractivity contribution in [2.75, 3.05) is 0 Å². The van der Waals surface area contributed by atoms with Crippen LogP contribution in [0, 0.1) is 0 Å². The second-order valence-electron chi connectivity index (χ2n) is 1.69. The van der Waals surface area contributed by atoms with Crippen molar-refractivity contribution in [1.82, 2.24) is 0 Å². The van der Waals surface area contributed by atoms with Gasteiger partial charge in [-0.1, -0.05) is 28.8 Å². The molecule has 0 aliphatic heterocycles. The van der Waals surface area contributed by atoms with Crippen molar-refractivity contribution in [3.63, 3.8) is 0 Å². The second-order valence-corrected chi connectivity index (χ2v) is 4.29. The molecular formula is C6H5BClOS2. The fraction of sp³-hybridized carbons (Fsp3) is 0. The van der Waals surface area contributed by atoms with Crippen molar-refractivity contribution >= 4 is 38.1 Å². The summed E-state index contributed by atoms with van der Waals surface area (Å²) >= 11 is 0. The third kappa shape index (κ3) is 3.84. The number of benzene rings is 1. The molecule has 0 saturated heterocycles. The number of hydrogen-bond donors (Lipinski definition) is 0. The van der Waals surface area contributed by atoms with Crippen LogP contribution < -0.4 is 4.65 Å². The van der Waals surface area contributed by atoms with E-state index in [-0.39, 0.29) is 0 Å². The highest BCUT2D eigenvalue weighted by atomic mass is 35.7. The van der Waals surface area contributed by atoms with Crippen LogP contribution in [0.5, 0.6) is 5.75 Å². The third-order valence-electron chi connectivity index (χ3n) is 1.00. The molecule has 0 aliphatic rings. The average Bonchev–Trinajstić information content (AvgIpc) is 2.07. The molecule has 0 atom stereocenters. The maximum atomic E-state index is 5.34. The zero-order chi connectivity index (χ0) is 7.94. The lowest BCUT2D eigenvalue weighted by atomic mass is 10.3. The molecule has 0 aromatic heterocycles. The molecule has 0 bridgehead atoms. The normalized spacial score (nSPS) is 9.18. The Morgan fingerprint density at radius 1 is 1.27 bits per heavy atom. The van der Waals surface area contributed by atoms with Crippen molar-refractivity contribution in [2.24, 2.45) is 0 Å². The molecule has 5 heteroatoms. The maximum Gasteiger partial charge on any atom is 0.464 e. The van der Waals surface area contributed by atoms with Crippen LogP contribution in [-0.4, -0.2) is 6.76 Å². The van der Waals surface area contributed by atoms with Crippen LogP contribution in [0.15, 0.2) is 30.3 Å². The molecule has 0 heterocycles. The first-order chi connectivity index (χ1) is 5.43. The van der Waals surface area contributed by atoms with Crippen LogP contribution in [0.2, 0.25) is 0 Å². The van der Waals surface area contributed by atoms with Crippen molar-refractivity contribution < 1.29 is 4.65 Å². The number of halogens is 1. The van der Waals surface area contributed by atoms with Crippen molar-refractivity contribution in [3.05, 3.63) is 30.3 Å². The Morgan fingerprint density at radius 2 is 2.00 bits per heavy atom. The topological polar surface area (TPSA) is 9.23 Å². The molecule has 0 unspecified atom stereocenters. The Balaban J connectivity index is 2.28. The lowest BCUT2D eigenvalue weighted by molar-refractivity contribution is 0.611. The van der Waals surface area contributed by atoms with Crippen molar-refractivity contribution in [1.29, 1.82) is 0 Å². The summed E-state index contributed by atoms with van der Waals surface area (Å²) < 4.78 is 5.18. The van der Waals surface area contributed by atoms with E-state index in [2.05, 4.69) is 0 Å². The molecule has 57 valence electrons. The lowest BCUT2D eigenvalue weighted by Gasteiger charge is -2.00. The Bertz CT molecular complexity index is 197. The van der Waals surface area contributed by atoms with Crippen LogP contribution in [-0.2, 0) is 0 Å². The molecule has 0 amide bonds. The number of hydrogen-bond acceptors (Lipinski definition) is 3. The number of rotatable bonds is 4. The maximum absolute atomic E-state index is 5.34. The summed E-state index contributed by atoms with van der Waals surface area (Å²) in [7, 11) is 7.80. The third-order valence-corrected chi connectivity index (χ3v) is 2.36. The first-order valence-electron chi connectivity index (χ1n) is 2.91. The SMILES string of the molecule is ClSS[B]Oc1ccccc1. The summed E-state index contributed by atoms with van der Waals surface area (Å²) in [5, 5.41) is 0. The van der Waals surface area contributed by atoms with E-state index in [1.165, 1.54) is 10.6 Å². The summed E-state index contributed by atoms with van der Waals surface area (Å²) in [6.07, 6.45) is 0. The predicted molar refractivity (Wildman–Crippen MR) is 53.9 cm³/mol. The lowest BCUT2D eigenvalue weighted by Crippen LogP contribution is -1.94. The van der Waals surface area contributed by atoms with Crippen molar-refractivity contribution in [3.8, 4) is 5.75 Å². The van der Waals surface area contributed by atoms with E-state index in [9.17, 15) is 0 Å². The van der Waals surface area contributed by atoms with Gasteiger partial charge in [-0.25, -0.2) is 0 Å². The summed E-state index contributed by atoms with van der Waals surface area (Å²) in [5.41, 5.74) is 0. The molecule has 1 nitrogen and oxygen atoms in total. The molecule has 0 N–H and O–H groups in total. The quantitative estimate of drug-likeness (QED) is 0.423. The van der Waals surface area contributed by atoms with Crippen LogP contribution in [0.4, 0.5) is 0 Å². The van der Waals surface area contributed by atoms with Crippen LogP contribution in [0.25, 0.3) is 0 Å². The standard InChI is InChI=1S/C6H5BClOS2/c8-11-10-7-9-6-4-2-1-3-5-6/h1-5H. The molecule has 0 fully saturated rings. The van der Waals surface area contributed by atoms with Gasteiger partial charge >= 0.3 is 6.76 Å². The van der Waals surface area contributed by atoms with Gasteiger partial charge in [-0.05, 0) is 22.8 Å². The minimum absolute atomic E-state index is 0.825. The van der Waals surface area contributed by atoms with Gasteiger partial charge in [0.15, 0.2) is 0 Å². The smallest absolute Gasteiger partial charge is 0.464 e. The monoisotopic (exact) mass is 203 g/mol. The average molecular weight is 204 g/mol. The Morgan fingerprint density at radius 3 is 2.64 bits per heavy atom. The predicted octanol–water partition coefficient (Wildman–Crippen LogP) is 3.13. The van der Waals surface area contributed by atoms with Gasteiger partial charge in [0.25, 0.3) is 0 Å². The minimum atomic E-state index is 0.825. The summed E-state index contributed by atoms with van der Waals surface area (Å²) in [6, 6.07) is 9.55. The van der Waals surface area contributed by atoms with E-state index in [1.54, 1.807) is 6.76 Å². The Labute approximate surface area is 78.9 Å². The highest BCUT2D eigenvalue weighted by Crippen LogP contribution is 2.24. The van der Waals surface area contributed by atoms with E-state index >= 15 is 0 Å². The molecule has 0 spiro atoms. The summed E-state index contributed by atoms with van der Waals surface area (Å²) in [5.74, 6) is 0.825.